The van der Waals surface area contributed by atoms with Crippen LogP contribution in [0.5, 0.6) is 0 Å². The lowest BCUT2D eigenvalue weighted by atomic mass is 9.86. The average molecular weight is 465 g/mol. The van der Waals surface area contributed by atoms with E-state index in [1.807, 2.05) is 6.92 Å². The first-order chi connectivity index (χ1) is 15.1. The Balaban J connectivity index is 1.50. The third-order valence-corrected chi connectivity index (χ3v) is 7.67. The minimum Gasteiger partial charge on any atom is -0.372 e. The molecule has 0 amide bonds. The molecule has 3 fully saturated rings. The van der Waals surface area contributed by atoms with Crippen LogP contribution < -0.4 is 0 Å². The number of aryl methyl sites for hydroxylation is 1. The molecule has 0 radical (unpaired) electrons. The van der Waals surface area contributed by atoms with Gasteiger partial charge in [0.25, 0.3) is 10.1 Å². The van der Waals surface area contributed by atoms with Crippen molar-refractivity contribution < 1.29 is 31.9 Å². The average Bonchev–Trinajstić information content (AvgIpc) is 3.18. The molecule has 1 N–H and O–H groups in total. The Morgan fingerprint density at radius 3 is 2.50 bits per heavy atom. The molecular weight excluding hydrogens is 432 g/mol. The molecule has 1 aliphatic carbocycles. The van der Waals surface area contributed by atoms with Gasteiger partial charge in [0.2, 0.25) is 0 Å². The first kappa shape index (κ1) is 23.7. The van der Waals surface area contributed by atoms with Crippen LogP contribution in [0.4, 0.5) is 0 Å². The second-order valence-electron chi connectivity index (χ2n) is 9.44. The molecule has 2 aliphatic heterocycles. The summed E-state index contributed by atoms with van der Waals surface area (Å²) in [5, 5.41) is 11.5. The monoisotopic (exact) mass is 464 g/mol. The first-order valence-electron chi connectivity index (χ1n) is 11.3. The Kier molecular flexibility index (Phi) is 6.70. The van der Waals surface area contributed by atoms with E-state index in [0.29, 0.717) is 12.3 Å². The van der Waals surface area contributed by atoms with Gasteiger partial charge in [0.15, 0.2) is 23.8 Å². The molecule has 7 nitrogen and oxygen atoms in total. The highest BCUT2D eigenvalue weighted by atomic mass is 32.2. The van der Waals surface area contributed by atoms with Crippen molar-refractivity contribution in [3.63, 3.8) is 0 Å². The van der Waals surface area contributed by atoms with Crippen molar-refractivity contribution in [3.05, 3.63) is 29.8 Å². The zero-order chi connectivity index (χ0) is 23.0. The summed E-state index contributed by atoms with van der Waals surface area (Å²) in [7, 11) is -4.02. The first-order valence-corrected chi connectivity index (χ1v) is 12.7. The summed E-state index contributed by atoms with van der Waals surface area (Å²) in [6.45, 7) is 4.94. The molecule has 0 bridgehead atoms. The summed E-state index contributed by atoms with van der Waals surface area (Å²) >= 11 is 0. The van der Waals surface area contributed by atoms with E-state index in [1.54, 1.807) is 26.0 Å². The van der Waals surface area contributed by atoms with E-state index < -0.39 is 46.6 Å². The molecule has 0 aromatic heterocycles. The maximum absolute atomic E-state index is 12.6. The third-order valence-electron chi connectivity index (χ3n) is 6.37. The largest absolute Gasteiger partial charge is 0.372 e. The summed E-state index contributed by atoms with van der Waals surface area (Å²) in [5.74, 6) is 5.65. The smallest absolute Gasteiger partial charge is 0.297 e. The van der Waals surface area contributed by atoms with Gasteiger partial charge in [-0.2, -0.15) is 8.42 Å². The Morgan fingerprint density at radius 2 is 1.81 bits per heavy atom. The van der Waals surface area contributed by atoms with E-state index in [1.165, 1.54) is 31.4 Å². The lowest BCUT2D eigenvalue weighted by Gasteiger charge is -2.29. The SMILES string of the molecule is Cc1ccc(S(=O)(=O)OCC2O[C@@H]3OC(C)(C)O[C@@H]3[C@@]2(O)C#CCC2CCCCC2)cc1. The van der Waals surface area contributed by atoms with E-state index in [9.17, 15) is 13.5 Å². The predicted octanol–water partition coefficient (Wildman–Crippen LogP) is 3.28. The molecule has 4 atom stereocenters. The molecule has 3 aliphatic rings. The number of fused-ring (bicyclic) bond motifs is 1. The Bertz CT molecular complexity index is 970. The molecular formula is C24H32O7S. The Hall–Kier alpha value is -1.47. The maximum atomic E-state index is 12.6. The van der Waals surface area contributed by atoms with Crippen LogP contribution in [0.1, 0.15) is 57.9 Å². The third kappa shape index (κ3) is 5.04. The lowest BCUT2D eigenvalue weighted by molar-refractivity contribution is -0.224. The van der Waals surface area contributed by atoms with Crippen molar-refractivity contribution in [1.29, 1.82) is 0 Å². The summed E-state index contributed by atoms with van der Waals surface area (Å²) in [6, 6.07) is 6.37. The van der Waals surface area contributed by atoms with Gasteiger partial charge in [-0.15, -0.1) is 0 Å². The van der Waals surface area contributed by atoms with E-state index in [-0.39, 0.29) is 4.90 Å². The second kappa shape index (κ2) is 9.05. The minimum absolute atomic E-state index is 0.0434. The molecule has 2 saturated heterocycles. The van der Waals surface area contributed by atoms with Crippen LogP contribution >= 0.6 is 0 Å². The fourth-order valence-electron chi connectivity index (χ4n) is 4.55. The summed E-state index contributed by atoms with van der Waals surface area (Å²) in [5.41, 5.74) is -0.800. The van der Waals surface area contributed by atoms with Crippen LogP contribution in [0.15, 0.2) is 29.2 Å². The normalized spacial score (nSPS) is 32.3. The van der Waals surface area contributed by atoms with Crippen molar-refractivity contribution >= 4 is 10.1 Å². The molecule has 1 aromatic carbocycles. The minimum atomic E-state index is -4.02. The van der Waals surface area contributed by atoms with Crippen molar-refractivity contribution in [2.24, 2.45) is 5.92 Å². The van der Waals surface area contributed by atoms with E-state index in [2.05, 4.69) is 11.8 Å². The Morgan fingerprint density at radius 1 is 1.12 bits per heavy atom. The van der Waals surface area contributed by atoms with Crippen molar-refractivity contribution in [1.82, 2.24) is 0 Å². The molecule has 176 valence electrons. The van der Waals surface area contributed by atoms with Crippen LogP contribution in [0.2, 0.25) is 0 Å². The second-order valence-corrected chi connectivity index (χ2v) is 11.1. The maximum Gasteiger partial charge on any atom is 0.297 e. The van der Waals surface area contributed by atoms with Crippen LogP contribution in [0.3, 0.4) is 0 Å². The quantitative estimate of drug-likeness (QED) is 0.528. The molecule has 32 heavy (non-hydrogen) atoms. The fraction of sp³-hybridized carbons (Fsp3) is 0.667. The van der Waals surface area contributed by atoms with Gasteiger partial charge in [-0.3, -0.25) is 4.18 Å². The number of ether oxygens (including phenoxy) is 3. The number of aliphatic hydroxyl groups is 1. The van der Waals surface area contributed by atoms with Crippen LogP contribution in [-0.4, -0.2) is 50.0 Å². The number of hydrogen-bond acceptors (Lipinski definition) is 7. The van der Waals surface area contributed by atoms with Crippen LogP contribution in [0.25, 0.3) is 0 Å². The van der Waals surface area contributed by atoms with Gasteiger partial charge >= 0.3 is 0 Å². The van der Waals surface area contributed by atoms with Crippen LogP contribution in [0, 0.1) is 24.7 Å². The molecule has 1 unspecified atom stereocenters. The summed E-state index contributed by atoms with van der Waals surface area (Å²) in [4.78, 5) is 0.0434. The van der Waals surface area contributed by atoms with Gasteiger partial charge in [0.1, 0.15) is 6.10 Å². The molecule has 1 aromatic rings. The molecule has 4 rings (SSSR count). The fourth-order valence-corrected chi connectivity index (χ4v) is 5.45. The predicted molar refractivity (Wildman–Crippen MR) is 117 cm³/mol. The van der Waals surface area contributed by atoms with Gasteiger partial charge in [-0.25, -0.2) is 0 Å². The van der Waals surface area contributed by atoms with Crippen molar-refractivity contribution in [2.45, 2.75) is 94.1 Å². The Labute approximate surface area is 190 Å². The number of hydrogen-bond donors (Lipinski definition) is 1. The molecule has 0 spiro atoms. The number of rotatable bonds is 5. The lowest BCUT2D eigenvalue weighted by Crippen LogP contribution is -2.49. The van der Waals surface area contributed by atoms with Gasteiger partial charge in [-0.05, 0) is 51.7 Å². The van der Waals surface area contributed by atoms with Gasteiger partial charge in [0, 0.05) is 6.42 Å². The van der Waals surface area contributed by atoms with Crippen molar-refractivity contribution in [2.75, 3.05) is 6.61 Å². The highest BCUT2D eigenvalue weighted by Gasteiger charge is 2.63. The van der Waals surface area contributed by atoms with E-state index >= 15 is 0 Å². The molecule has 1 saturated carbocycles. The zero-order valence-corrected chi connectivity index (χ0v) is 19.7. The van der Waals surface area contributed by atoms with Crippen LogP contribution in [-0.2, 0) is 28.5 Å². The number of benzene rings is 1. The molecule has 8 heteroatoms. The zero-order valence-electron chi connectivity index (χ0n) is 18.9. The highest BCUT2D eigenvalue weighted by molar-refractivity contribution is 7.86. The highest BCUT2D eigenvalue weighted by Crippen LogP contribution is 2.43. The summed E-state index contributed by atoms with van der Waals surface area (Å²) < 4.78 is 48.0. The summed E-state index contributed by atoms with van der Waals surface area (Å²) in [6.07, 6.45) is 3.91. The van der Waals surface area contributed by atoms with Gasteiger partial charge in [-0.1, -0.05) is 48.8 Å². The topological polar surface area (TPSA) is 91.3 Å². The van der Waals surface area contributed by atoms with Gasteiger partial charge < -0.3 is 19.3 Å². The van der Waals surface area contributed by atoms with E-state index in [0.717, 1.165) is 18.4 Å². The standard InChI is InChI=1S/C24H32O7S/c1-17-11-13-19(14-12-17)32(26,27)28-16-20-24(25,15-7-10-18-8-5-4-6-9-18)21-22(29-20)31-23(2,3)30-21/h11-14,18,20-22,25H,4-6,8-10,16H2,1-3H3/t20?,21-,22+,24+/m0/s1. The van der Waals surface area contributed by atoms with Crippen molar-refractivity contribution in [3.8, 4) is 11.8 Å². The van der Waals surface area contributed by atoms with E-state index in [4.69, 9.17) is 18.4 Å². The molecule has 2 heterocycles. The van der Waals surface area contributed by atoms with Gasteiger partial charge in [0.05, 0.1) is 11.5 Å².